The second-order valence-corrected chi connectivity index (χ2v) is 6.29. The Morgan fingerprint density at radius 1 is 0.941 bits per heavy atom. The molecule has 0 saturated heterocycles. The predicted octanol–water partition coefficient (Wildman–Crippen LogP) is 0.749. The molecule has 2 N–H and O–H groups in total. The summed E-state index contributed by atoms with van der Waals surface area (Å²) in [4.78, 5) is -0.710. The van der Waals surface area contributed by atoms with Crippen LogP contribution in [-0.4, -0.2) is 25.9 Å². The fraction of sp³-hybridized carbons (Fsp3) is 0.111. The van der Waals surface area contributed by atoms with Crippen molar-refractivity contribution < 1.29 is 25.9 Å². The van der Waals surface area contributed by atoms with Crippen molar-refractivity contribution in [3.05, 3.63) is 29.3 Å². The van der Waals surface area contributed by atoms with Gasteiger partial charge in [0.2, 0.25) is 0 Å². The summed E-state index contributed by atoms with van der Waals surface area (Å²) in [6.07, 6.45) is 3.13. The maximum Gasteiger partial charge on any atom is 0.295 e. The molecule has 0 aliphatic heterocycles. The summed E-state index contributed by atoms with van der Waals surface area (Å²) >= 11 is 0. The van der Waals surface area contributed by atoms with E-state index in [1.54, 1.807) is 6.08 Å². The van der Waals surface area contributed by atoms with Gasteiger partial charge in [0.1, 0.15) is 4.90 Å². The third kappa shape index (κ3) is 2.12. The fourth-order valence-corrected chi connectivity index (χ4v) is 3.23. The van der Waals surface area contributed by atoms with Crippen LogP contribution >= 0.6 is 0 Å². The van der Waals surface area contributed by atoms with Gasteiger partial charge in [0.05, 0.1) is 4.90 Å². The maximum atomic E-state index is 11.1. The molecule has 1 aromatic carbocycles. The molecule has 17 heavy (non-hydrogen) atoms. The van der Waals surface area contributed by atoms with Gasteiger partial charge in [-0.2, -0.15) is 16.8 Å². The van der Waals surface area contributed by atoms with Crippen LogP contribution in [0.1, 0.15) is 11.1 Å². The van der Waals surface area contributed by atoms with Crippen LogP contribution in [0.4, 0.5) is 0 Å². The summed E-state index contributed by atoms with van der Waals surface area (Å²) in [5.41, 5.74) is 0.269. The van der Waals surface area contributed by atoms with E-state index in [1.807, 2.05) is 0 Å². The molecule has 1 aliphatic carbocycles. The van der Waals surface area contributed by atoms with Gasteiger partial charge in [0, 0.05) is 5.56 Å². The van der Waals surface area contributed by atoms with Crippen molar-refractivity contribution in [3.63, 3.8) is 0 Å². The molecule has 0 atom stereocenters. The number of rotatable bonds is 2. The average Bonchev–Trinajstić information content (AvgIpc) is 2.60. The van der Waals surface area contributed by atoms with Crippen LogP contribution in [0.25, 0.3) is 6.08 Å². The van der Waals surface area contributed by atoms with Crippen molar-refractivity contribution in [2.45, 2.75) is 16.2 Å². The van der Waals surface area contributed by atoms with Gasteiger partial charge in [-0.15, -0.1) is 0 Å². The molecule has 6 nitrogen and oxygen atoms in total. The highest BCUT2D eigenvalue weighted by atomic mass is 32.2. The lowest BCUT2D eigenvalue weighted by atomic mass is 10.1. The van der Waals surface area contributed by atoms with Crippen LogP contribution in [-0.2, 0) is 26.7 Å². The topological polar surface area (TPSA) is 109 Å². The molecular weight excluding hydrogens is 268 g/mol. The highest BCUT2D eigenvalue weighted by molar-refractivity contribution is 7.86. The number of hydrogen-bond donors (Lipinski definition) is 2. The Labute approximate surface area is 98.1 Å². The van der Waals surface area contributed by atoms with E-state index in [4.69, 9.17) is 9.11 Å². The van der Waals surface area contributed by atoms with E-state index in [0.717, 1.165) is 12.1 Å². The van der Waals surface area contributed by atoms with Gasteiger partial charge in [-0.1, -0.05) is 12.2 Å². The molecule has 0 unspecified atom stereocenters. The highest BCUT2D eigenvalue weighted by Crippen LogP contribution is 2.31. The zero-order chi connectivity index (χ0) is 12.8. The smallest absolute Gasteiger partial charge is 0.282 e. The van der Waals surface area contributed by atoms with Gasteiger partial charge in [0.15, 0.2) is 0 Å². The lowest BCUT2D eigenvalue weighted by molar-refractivity contribution is 0.477. The lowest BCUT2D eigenvalue weighted by Crippen LogP contribution is -2.07. The number of benzene rings is 1. The molecule has 1 aromatic rings. The first kappa shape index (κ1) is 12.2. The van der Waals surface area contributed by atoms with Crippen molar-refractivity contribution in [3.8, 4) is 0 Å². The molecule has 0 amide bonds. The second-order valence-electron chi connectivity index (χ2n) is 3.51. The number of allylic oxidation sites excluding steroid dienone is 1. The molecular formula is C9H8O6S2. The molecule has 0 aromatic heterocycles. The molecule has 2 rings (SSSR count). The molecule has 8 heteroatoms. The van der Waals surface area contributed by atoms with Crippen LogP contribution in [0.5, 0.6) is 0 Å². The van der Waals surface area contributed by atoms with Crippen LogP contribution in [0.3, 0.4) is 0 Å². The molecule has 0 fully saturated rings. The zero-order valence-electron chi connectivity index (χ0n) is 8.36. The van der Waals surface area contributed by atoms with Gasteiger partial charge >= 0.3 is 0 Å². The van der Waals surface area contributed by atoms with Crippen LogP contribution in [0.2, 0.25) is 0 Å². The van der Waals surface area contributed by atoms with Crippen LogP contribution in [0, 0.1) is 0 Å². The summed E-state index contributed by atoms with van der Waals surface area (Å²) in [6.45, 7) is 0. The maximum absolute atomic E-state index is 11.1. The lowest BCUT2D eigenvalue weighted by Gasteiger charge is -2.08. The summed E-state index contributed by atoms with van der Waals surface area (Å²) in [5, 5.41) is 0. The van der Waals surface area contributed by atoms with E-state index in [0.29, 0.717) is 0 Å². The summed E-state index contributed by atoms with van der Waals surface area (Å²) < 4.78 is 62.2. The van der Waals surface area contributed by atoms with E-state index in [-0.39, 0.29) is 27.3 Å². The average molecular weight is 276 g/mol. The van der Waals surface area contributed by atoms with Gasteiger partial charge in [-0.3, -0.25) is 9.11 Å². The minimum Gasteiger partial charge on any atom is -0.282 e. The van der Waals surface area contributed by atoms with E-state index >= 15 is 0 Å². The van der Waals surface area contributed by atoms with Crippen LogP contribution < -0.4 is 0 Å². The fourth-order valence-electron chi connectivity index (χ4n) is 1.78. The monoisotopic (exact) mass is 276 g/mol. The first-order valence-electron chi connectivity index (χ1n) is 4.48. The molecule has 0 spiro atoms. The largest absolute Gasteiger partial charge is 0.295 e. The molecule has 0 bridgehead atoms. The Bertz CT molecular complexity index is 712. The standard InChI is InChI=1S/C9H8O6S2/c10-16(11,12)8-4-5-9(17(13,14)15)7-3-1-2-6(7)8/h1-2,4-5H,3H2,(H,10,11,12)(H,13,14,15). The Morgan fingerprint density at radius 3 is 2.00 bits per heavy atom. The molecule has 1 aliphatic rings. The van der Waals surface area contributed by atoms with E-state index in [2.05, 4.69) is 0 Å². The van der Waals surface area contributed by atoms with E-state index in [1.165, 1.54) is 6.08 Å². The summed E-state index contributed by atoms with van der Waals surface area (Å²) in [7, 11) is -8.82. The highest BCUT2D eigenvalue weighted by Gasteiger charge is 2.25. The summed E-state index contributed by atoms with van der Waals surface area (Å²) in [6, 6.07) is 1.91. The number of hydrogen-bond acceptors (Lipinski definition) is 4. The molecule has 92 valence electrons. The van der Waals surface area contributed by atoms with Gasteiger partial charge in [-0.05, 0) is 24.1 Å². The normalized spacial score (nSPS) is 14.9. The van der Waals surface area contributed by atoms with Gasteiger partial charge < -0.3 is 0 Å². The third-order valence-electron chi connectivity index (χ3n) is 2.44. The minimum atomic E-state index is -4.42. The Morgan fingerprint density at radius 2 is 1.47 bits per heavy atom. The van der Waals surface area contributed by atoms with E-state index < -0.39 is 20.2 Å². The second kappa shape index (κ2) is 3.64. The first-order chi connectivity index (χ1) is 7.71. The number of fused-ring (bicyclic) bond motifs is 1. The van der Waals surface area contributed by atoms with Crippen molar-refractivity contribution in [2.24, 2.45) is 0 Å². The quantitative estimate of drug-likeness (QED) is 0.771. The molecule has 0 saturated carbocycles. The predicted molar refractivity (Wildman–Crippen MR) is 58.8 cm³/mol. The SMILES string of the molecule is O=S(=O)(O)c1ccc(S(=O)(=O)O)c2c1C=CC2. The Balaban J connectivity index is 2.83. The molecule has 0 radical (unpaired) electrons. The zero-order valence-corrected chi connectivity index (χ0v) is 9.99. The van der Waals surface area contributed by atoms with Gasteiger partial charge in [0.25, 0.3) is 20.2 Å². The Hall–Kier alpha value is -1.22. The van der Waals surface area contributed by atoms with Crippen molar-refractivity contribution in [2.75, 3.05) is 0 Å². The first-order valence-corrected chi connectivity index (χ1v) is 7.36. The van der Waals surface area contributed by atoms with Crippen LogP contribution in [0.15, 0.2) is 28.0 Å². The minimum absolute atomic E-state index is 0.0997. The van der Waals surface area contributed by atoms with Crippen molar-refractivity contribution >= 4 is 26.3 Å². The van der Waals surface area contributed by atoms with Crippen molar-refractivity contribution in [1.82, 2.24) is 0 Å². The Kier molecular flexibility index (Phi) is 2.62. The summed E-state index contributed by atoms with van der Waals surface area (Å²) in [5.74, 6) is 0. The third-order valence-corrected chi connectivity index (χ3v) is 4.29. The van der Waals surface area contributed by atoms with Crippen molar-refractivity contribution in [1.29, 1.82) is 0 Å². The molecule has 0 heterocycles. The van der Waals surface area contributed by atoms with E-state index in [9.17, 15) is 16.8 Å². The van der Waals surface area contributed by atoms with Gasteiger partial charge in [-0.25, -0.2) is 0 Å².